The molecule has 2 heteroatoms. The van der Waals surface area contributed by atoms with Crippen LogP contribution in [0.25, 0.3) is 0 Å². The number of allylic oxidation sites excluding steroid dienone is 1. The van der Waals surface area contributed by atoms with E-state index in [9.17, 15) is 0 Å². The Kier molecular flexibility index (Phi) is 6.47. The van der Waals surface area contributed by atoms with Crippen LogP contribution < -0.4 is 8.92 Å². The Labute approximate surface area is 128 Å². The van der Waals surface area contributed by atoms with Crippen LogP contribution in [-0.2, 0) is 0 Å². The third-order valence-corrected chi connectivity index (χ3v) is 9.10. The zero-order valence-electron chi connectivity index (χ0n) is 10.9. The van der Waals surface area contributed by atoms with Gasteiger partial charge in [-0.25, -0.2) is 0 Å². The van der Waals surface area contributed by atoms with E-state index in [2.05, 4.69) is 73.3 Å². The van der Waals surface area contributed by atoms with Gasteiger partial charge in [-0.1, -0.05) is 0 Å². The third-order valence-electron chi connectivity index (χ3n) is 2.63. The van der Waals surface area contributed by atoms with E-state index in [1.54, 1.807) is 0 Å². The summed E-state index contributed by atoms with van der Waals surface area (Å²) < 4.78 is 3.85. The molecule has 0 atom stereocenters. The van der Waals surface area contributed by atoms with Gasteiger partial charge in [-0.3, -0.25) is 0 Å². The van der Waals surface area contributed by atoms with Gasteiger partial charge in [0.2, 0.25) is 0 Å². The summed E-state index contributed by atoms with van der Waals surface area (Å²) in [5.74, 6) is 0. The number of benzene rings is 2. The number of hydrogen-bond donors (Lipinski definition) is 0. The number of hydrogen-bond acceptors (Lipinski definition) is 0. The fourth-order valence-corrected chi connectivity index (χ4v) is 8.40. The first kappa shape index (κ1) is 14.6. The van der Waals surface area contributed by atoms with E-state index in [0.29, 0.717) is 29.9 Å². The summed E-state index contributed by atoms with van der Waals surface area (Å²) in [7, 11) is 0. The molecule has 0 aliphatic heterocycles. The molecule has 19 heavy (non-hydrogen) atoms. The molecular weight excluding hydrogens is 362 g/mol. The fourth-order valence-electron chi connectivity index (χ4n) is 1.70. The maximum atomic E-state index is 3.86. The van der Waals surface area contributed by atoms with Crippen LogP contribution in [0.2, 0.25) is 3.71 Å². The van der Waals surface area contributed by atoms with Crippen LogP contribution in [-0.4, -0.2) is 29.9 Å². The Balaban J connectivity index is 2.01. The molecule has 0 radical (unpaired) electrons. The molecule has 0 aliphatic carbocycles. The molecule has 0 saturated carbocycles. The Morgan fingerprint density at radius 3 is 1.74 bits per heavy atom. The van der Waals surface area contributed by atoms with Gasteiger partial charge in [0.15, 0.2) is 0 Å². The van der Waals surface area contributed by atoms with Crippen molar-refractivity contribution in [3.05, 3.63) is 73.3 Å². The van der Waals surface area contributed by atoms with Gasteiger partial charge in [-0.2, -0.15) is 0 Å². The van der Waals surface area contributed by atoms with Gasteiger partial charge in [0.05, 0.1) is 0 Å². The molecule has 0 aliphatic rings. The molecule has 0 heterocycles. The average Bonchev–Trinajstić information content (AvgIpc) is 2.47. The van der Waals surface area contributed by atoms with Crippen LogP contribution in [0.4, 0.5) is 0 Å². The van der Waals surface area contributed by atoms with Gasteiger partial charge in [-0.05, 0) is 0 Å². The van der Waals surface area contributed by atoms with Crippen molar-refractivity contribution >= 4 is 38.8 Å². The second-order valence-electron chi connectivity index (χ2n) is 4.16. The second kappa shape index (κ2) is 8.40. The average molecular weight is 380 g/mol. The summed E-state index contributed by atoms with van der Waals surface area (Å²) in [6.45, 7) is 3.86. The number of rotatable bonds is 7. The molecule has 0 aromatic heterocycles. The summed E-state index contributed by atoms with van der Waals surface area (Å²) >= 11 is 1.14. The minimum atomic E-state index is 0.570. The van der Waals surface area contributed by atoms with Crippen molar-refractivity contribution < 1.29 is 0 Å². The van der Waals surface area contributed by atoms with Gasteiger partial charge in [0.25, 0.3) is 0 Å². The third kappa shape index (κ3) is 5.38. The van der Waals surface area contributed by atoms with Crippen LogP contribution >= 0.6 is 0 Å². The van der Waals surface area contributed by atoms with Gasteiger partial charge in [0.1, 0.15) is 0 Å². The van der Waals surface area contributed by atoms with Crippen molar-refractivity contribution in [2.24, 2.45) is 0 Å². The van der Waals surface area contributed by atoms with Crippen molar-refractivity contribution in [2.75, 3.05) is 0 Å². The van der Waals surface area contributed by atoms with Crippen molar-refractivity contribution in [1.29, 1.82) is 0 Å². The van der Waals surface area contributed by atoms with Gasteiger partial charge >= 0.3 is 129 Å². The summed E-state index contributed by atoms with van der Waals surface area (Å²) in [6.07, 6.45) is 4.45. The van der Waals surface area contributed by atoms with Crippen molar-refractivity contribution in [2.45, 2.75) is 16.6 Å². The minimum absolute atomic E-state index is 0.570. The molecule has 0 N–H and O–H groups in total. The van der Waals surface area contributed by atoms with E-state index in [1.165, 1.54) is 15.3 Å². The summed E-state index contributed by atoms with van der Waals surface area (Å²) in [5.41, 5.74) is 0. The van der Waals surface area contributed by atoms with E-state index >= 15 is 0 Å². The molecule has 0 spiro atoms. The summed E-state index contributed by atoms with van der Waals surface area (Å²) in [4.78, 5) is 0. The van der Waals surface area contributed by atoms with Crippen molar-refractivity contribution in [3.8, 4) is 0 Å². The molecule has 2 rings (SSSR count). The molecule has 0 amide bonds. The predicted molar refractivity (Wildman–Crippen MR) is 86.8 cm³/mol. The Morgan fingerprint density at radius 1 is 0.842 bits per heavy atom. The zero-order chi connectivity index (χ0) is 13.3. The summed E-state index contributed by atoms with van der Waals surface area (Å²) in [5, 5.41) is 0. The molecular formula is C17H18Se2. The first-order chi connectivity index (χ1) is 9.38. The summed E-state index contributed by atoms with van der Waals surface area (Å²) in [6, 6.07) is 21.9. The van der Waals surface area contributed by atoms with E-state index < -0.39 is 0 Å². The molecule has 0 saturated heterocycles. The standard InChI is InChI=1S/C17H18Se2/c1-2-3-14-17(18-15-10-6-4-7-11-15)19-16-12-8-5-9-13-16/h2,4-13,17H,1,3,14H2. The maximum absolute atomic E-state index is 3.86. The van der Waals surface area contributed by atoms with Crippen LogP contribution in [0.15, 0.2) is 73.3 Å². The molecule has 98 valence electrons. The normalized spacial score (nSPS) is 10.6. The SMILES string of the molecule is C=CCCC([Se]c1ccccc1)[Se]c1ccccc1. The van der Waals surface area contributed by atoms with Crippen molar-refractivity contribution in [1.82, 2.24) is 0 Å². The Bertz CT molecular complexity index is 438. The predicted octanol–water partition coefficient (Wildman–Crippen LogP) is 2.76. The second-order valence-corrected chi connectivity index (χ2v) is 11.0. The van der Waals surface area contributed by atoms with Gasteiger partial charge < -0.3 is 0 Å². The van der Waals surface area contributed by atoms with Gasteiger partial charge in [0, 0.05) is 0 Å². The molecule has 0 fully saturated rings. The topological polar surface area (TPSA) is 0 Å². The van der Waals surface area contributed by atoms with Crippen molar-refractivity contribution in [3.63, 3.8) is 0 Å². The molecule has 0 unspecified atom stereocenters. The van der Waals surface area contributed by atoms with E-state index in [1.807, 2.05) is 0 Å². The monoisotopic (exact) mass is 382 g/mol. The fraction of sp³-hybridized carbons (Fsp3) is 0.176. The molecule has 0 nitrogen and oxygen atoms in total. The molecule has 2 aromatic rings. The Hall–Kier alpha value is -0.781. The quantitative estimate of drug-likeness (QED) is 0.512. The van der Waals surface area contributed by atoms with E-state index in [4.69, 9.17) is 0 Å². The van der Waals surface area contributed by atoms with E-state index in [-0.39, 0.29) is 0 Å². The van der Waals surface area contributed by atoms with E-state index in [0.717, 1.165) is 10.1 Å². The first-order valence-corrected chi connectivity index (χ1v) is 10.1. The van der Waals surface area contributed by atoms with Crippen LogP contribution in [0.1, 0.15) is 12.8 Å². The van der Waals surface area contributed by atoms with Crippen LogP contribution in [0.3, 0.4) is 0 Å². The molecule has 2 aromatic carbocycles. The molecule has 0 bridgehead atoms. The Morgan fingerprint density at radius 2 is 1.32 bits per heavy atom. The van der Waals surface area contributed by atoms with Gasteiger partial charge in [-0.15, -0.1) is 0 Å². The van der Waals surface area contributed by atoms with Crippen LogP contribution in [0, 0.1) is 0 Å². The van der Waals surface area contributed by atoms with Crippen LogP contribution in [0.5, 0.6) is 0 Å². The zero-order valence-corrected chi connectivity index (χ0v) is 14.3. The first-order valence-electron chi connectivity index (χ1n) is 6.43.